The Morgan fingerprint density at radius 3 is 0.927 bits per heavy atom. The minimum Gasteiger partial charge on any atom is -0.497 e. The van der Waals surface area contributed by atoms with Crippen LogP contribution in [0.15, 0.2) is 250 Å². The minimum absolute atomic E-state index is 0. The Morgan fingerprint density at radius 2 is 0.609 bits per heavy atom. The van der Waals surface area contributed by atoms with E-state index in [9.17, 15) is 56.7 Å². The van der Waals surface area contributed by atoms with E-state index in [4.69, 9.17) is 60.0 Å². The lowest BCUT2D eigenvalue weighted by molar-refractivity contribution is -0.138. The summed E-state index contributed by atoms with van der Waals surface area (Å²) in [6, 6.07) is 56.8. The number of carbonyl (C=O) groups excluding carboxylic acids is 1. The van der Waals surface area contributed by atoms with E-state index in [1.54, 1.807) is 97.1 Å². The molecule has 0 saturated heterocycles. The van der Waals surface area contributed by atoms with Crippen LogP contribution in [0.4, 0.5) is 13.2 Å². The summed E-state index contributed by atoms with van der Waals surface area (Å²) in [4.78, 5) is 8.27. The zero-order valence-corrected chi connectivity index (χ0v) is 62.0. The van der Waals surface area contributed by atoms with Gasteiger partial charge < -0.3 is 9.47 Å². The fraction of sp³-hybridized carbons (Fsp3) is 0.0694. The number of rotatable bonds is 17. The molecular formula is C72H55F3O27S8. The molecule has 574 valence electrons. The second-order valence-electron chi connectivity index (χ2n) is 22.4. The van der Waals surface area contributed by atoms with Crippen molar-refractivity contribution in [1.82, 2.24) is 0 Å². The quantitative estimate of drug-likeness (QED) is 0.0486. The van der Waals surface area contributed by atoms with Crippen molar-refractivity contribution in [1.29, 1.82) is 0 Å². The van der Waals surface area contributed by atoms with Gasteiger partial charge in [-0.2, -0.15) is 46.8 Å². The number of hydrogen-bond donors (Lipinski definition) is 4. The van der Waals surface area contributed by atoms with Gasteiger partial charge in [-0.1, -0.05) is 153 Å². The van der Waals surface area contributed by atoms with Gasteiger partial charge in [0.1, 0.15) is 36.8 Å². The Kier molecular flexibility index (Phi) is 29.2. The number of methoxy groups -OCH3 is 1. The van der Waals surface area contributed by atoms with Gasteiger partial charge in [0.05, 0.1) is 12.7 Å². The lowest BCUT2D eigenvalue weighted by Crippen LogP contribution is -2.10. The smallest absolute Gasteiger partial charge is 0.425 e. The molecule has 4 N–H and O–H groups in total. The number of aryl methyl sites for hydroxylation is 2. The molecule has 0 radical (unpaired) electrons. The molecule has 38 heteroatoms. The highest BCUT2D eigenvalue weighted by molar-refractivity contribution is 7.89. The fourth-order valence-corrected chi connectivity index (χ4v) is 14.7. The van der Waals surface area contributed by atoms with E-state index in [0.717, 1.165) is 70.8 Å². The van der Waals surface area contributed by atoms with Gasteiger partial charge >= 0.3 is 48.6 Å². The highest BCUT2D eigenvalue weighted by Gasteiger charge is 2.37. The normalized spacial score (nSPS) is 11.1. The van der Waals surface area contributed by atoms with E-state index in [1.165, 1.54) is 61.7 Å². The second-order valence-corrected chi connectivity index (χ2v) is 29.6. The van der Waals surface area contributed by atoms with Crippen LogP contribution in [0.1, 0.15) is 40.0 Å². The van der Waals surface area contributed by atoms with Crippen molar-refractivity contribution in [3.05, 3.63) is 258 Å². The summed E-state index contributed by atoms with van der Waals surface area (Å²) in [7, 11) is -32.9. The van der Waals surface area contributed by atoms with Crippen LogP contribution in [0, 0.1) is 13.8 Å². The first-order valence-corrected chi connectivity index (χ1v) is 39.7. The van der Waals surface area contributed by atoms with Crippen molar-refractivity contribution in [3.63, 3.8) is 0 Å². The topological polar surface area (TPSA) is 458 Å². The van der Waals surface area contributed by atoms with Crippen LogP contribution in [-0.2, 0) is 89.1 Å². The van der Waals surface area contributed by atoms with E-state index in [1.807, 2.05) is 44.2 Å². The highest BCUT2D eigenvalue weighted by Crippen LogP contribution is 2.57. The van der Waals surface area contributed by atoms with E-state index in [2.05, 4.69) is 0 Å². The van der Waals surface area contributed by atoms with Gasteiger partial charge in [-0.15, -0.1) is 50.5 Å². The van der Waals surface area contributed by atoms with Crippen molar-refractivity contribution >= 4 is 88.7 Å². The number of carbonyl (C=O) groups is 1. The Labute approximate surface area is 632 Å². The van der Waals surface area contributed by atoms with E-state index >= 15 is 13.2 Å². The average molecular weight is 1670 g/mol. The Morgan fingerprint density at radius 1 is 0.327 bits per heavy atom. The number of benzene rings is 11. The largest absolute Gasteiger partial charge is 0.497 e. The molecule has 0 fully saturated rings. The van der Waals surface area contributed by atoms with Gasteiger partial charge in [0.2, 0.25) is 0 Å². The van der Waals surface area contributed by atoms with Crippen molar-refractivity contribution < 1.29 is 130 Å². The summed E-state index contributed by atoms with van der Waals surface area (Å²) >= 11 is 0. The molecule has 27 nitrogen and oxygen atoms in total. The summed E-state index contributed by atoms with van der Waals surface area (Å²) in [5.74, 6) is -0.426. The summed E-state index contributed by atoms with van der Waals surface area (Å²) in [5.41, 5.74) is 5.25. The van der Waals surface area contributed by atoms with Gasteiger partial charge in [0, 0.05) is 11.1 Å². The third kappa shape index (κ3) is 22.8. The third-order valence-corrected chi connectivity index (χ3v) is 19.6. The number of ether oxygens (including phenoxy) is 2. The lowest BCUT2D eigenvalue weighted by atomic mass is 9.74. The fourth-order valence-electron chi connectivity index (χ4n) is 11.2. The monoisotopic (exact) mass is 1660 g/mol. The highest BCUT2D eigenvalue weighted by atomic mass is 32.2. The van der Waals surface area contributed by atoms with Gasteiger partial charge in [0.25, 0.3) is 40.5 Å². The molecule has 0 saturated carbocycles. The molecule has 0 amide bonds. The maximum Gasteiger partial charge on any atom is 0.425 e. The molecule has 0 bridgehead atoms. The molecule has 0 unspecified atom stereocenters. The molecule has 110 heavy (non-hydrogen) atoms. The summed E-state index contributed by atoms with van der Waals surface area (Å²) < 4.78 is 306. The molecule has 0 spiro atoms. The van der Waals surface area contributed by atoms with Gasteiger partial charge in [-0.05, 0) is 199 Å². The SMILES string of the molecule is C.COc1ccc(C(=O)c2ccc(Oc3ccc(-c4ccc(-c5c(-c6ccc(S(=O)(=O)O)c(S(=O)(=O)O)c6)c(-c6ccccc6)c(-c6ccc(-c7ccc(C)c(C)c7)cc6)c(-c6ccccc6)c5-c5ccc(S(=O)(=O)O)c(S(=O)(=O)O)c5)cc4)cc3C(F)(F)F)cc2)cc1.O=S(=O)=O.O=S(=O)=O.O=S(=O)=O.O=S(=O)=O. The first-order valence-electron chi connectivity index (χ1n) is 30.0. The average Bonchev–Trinajstić information content (AvgIpc) is 0.709. The van der Waals surface area contributed by atoms with Crippen molar-refractivity contribution in [2.75, 3.05) is 7.11 Å². The molecule has 11 rings (SSSR count). The number of hydrogen-bond acceptors (Lipinski definition) is 23. The maximum atomic E-state index is 15.2. The van der Waals surface area contributed by atoms with Gasteiger partial charge in [-0.3, -0.25) is 23.0 Å². The van der Waals surface area contributed by atoms with E-state index < -0.39 is 120 Å². The van der Waals surface area contributed by atoms with Crippen LogP contribution in [0.2, 0.25) is 0 Å². The van der Waals surface area contributed by atoms with E-state index in [0.29, 0.717) is 33.6 Å². The standard InChI is InChI=1S/C71H51F3O15S4.CH4.4O3S/c1-42-14-15-52(38-43(42)2)44-16-20-48(21-17-44)66-64(46-10-6-4-7-11-46)68(54-29-36-60(90(76,77)78)62(40-54)92(82,83)84)67(69(65(66)47-12-8-5-9-13-47)55-30-37-61(91(79,80)81)63(41-55)93(85,86)87)49-22-18-45(19-23-49)53-28-35-59(58(39-53)71(72,73)74)89-57-33-26-51(27-34-57)70(75)50-24-31-56(88-3)32-25-50;;4*1-4(2)3/h4-41H,1-3H3,(H,76,77,78)(H,79,80,81)(H,82,83,84)(H,85,86,87);1H4;;;;. The molecule has 0 aliphatic carbocycles. The number of ketones is 1. The van der Waals surface area contributed by atoms with E-state index in [-0.39, 0.29) is 80.2 Å². The summed E-state index contributed by atoms with van der Waals surface area (Å²) in [5, 5.41) is 0. The Hall–Kier alpha value is -11.4. The number of alkyl halides is 3. The molecule has 0 aliphatic rings. The van der Waals surface area contributed by atoms with Crippen molar-refractivity contribution in [2.45, 2.75) is 47.0 Å². The molecule has 11 aromatic rings. The van der Waals surface area contributed by atoms with Gasteiger partial charge in [-0.25, -0.2) is 0 Å². The first-order chi connectivity index (χ1) is 50.9. The third-order valence-electron chi connectivity index (χ3n) is 15.7. The lowest BCUT2D eigenvalue weighted by Gasteiger charge is -2.29. The van der Waals surface area contributed by atoms with Crippen LogP contribution < -0.4 is 9.47 Å². The Balaban J connectivity index is 0.00000101. The van der Waals surface area contributed by atoms with Crippen LogP contribution in [0.5, 0.6) is 17.2 Å². The van der Waals surface area contributed by atoms with Crippen LogP contribution >= 0.6 is 0 Å². The summed E-state index contributed by atoms with van der Waals surface area (Å²) in [6.45, 7) is 3.94. The maximum absolute atomic E-state index is 15.2. The summed E-state index contributed by atoms with van der Waals surface area (Å²) in [6.07, 6.45) is -5.00. The van der Waals surface area contributed by atoms with Crippen LogP contribution in [0.25, 0.3) is 89.0 Å². The minimum atomic E-state index is -5.56. The number of halogens is 3. The molecule has 0 aliphatic heterocycles. The van der Waals surface area contributed by atoms with Crippen LogP contribution in [-0.4, -0.2) is 115 Å². The first kappa shape index (κ1) is 87.5. The molecule has 0 heterocycles. The zero-order chi connectivity index (χ0) is 80.8. The molecular weight excluding hydrogens is 1610 g/mol. The Bertz CT molecular complexity index is 5990. The second kappa shape index (κ2) is 36.7. The molecule has 0 aromatic heterocycles. The van der Waals surface area contributed by atoms with Crippen molar-refractivity contribution in [3.8, 4) is 106 Å². The predicted molar refractivity (Wildman–Crippen MR) is 392 cm³/mol. The predicted octanol–water partition coefficient (Wildman–Crippen LogP) is 13.3. The molecule has 0 atom stereocenters. The van der Waals surface area contributed by atoms with Gasteiger partial charge in [0.15, 0.2) is 5.78 Å². The zero-order valence-electron chi connectivity index (χ0n) is 55.5. The van der Waals surface area contributed by atoms with Crippen molar-refractivity contribution in [2.24, 2.45) is 0 Å². The van der Waals surface area contributed by atoms with Crippen LogP contribution in [0.3, 0.4) is 0 Å². The molecule has 11 aromatic carbocycles.